The standard InChI is InChI=1S/C21H35N5O3/c1-7-22-19(24-15-13-18(27)26(5)6)23-14-12-16-8-10-17(11-9-16)25-20(28)29-21(2,3)4/h8-11H,7,12-15H2,1-6H3,(H,25,28)(H2,22,23,24). The fourth-order valence-electron chi connectivity index (χ4n) is 2.33. The molecule has 0 unspecified atom stereocenters. The Hall–Kier alpha value is -2.77. The number of rotatable bonds is 8. The summed E-state index contributed by atoms with van der Waals surface area (Å²) in [6.07, 6.45) is 0.717. The molecule has 0 aliphatic heterocycles. The van der Waals surface area contributed by atoms with Gasteiger partial charge in [0.25, 0.3) is 0 Å². The van der Waals surface area contributed by atoms with Gasteiger partial charge in [0.05, 0.1) is 6.54 Å². The molecule has 3 N–H and O–H groups in total. The second-order valence-electron chi connectivity index (χ2n) is 7.80. The molecule has 29 heavy (non-hydrogen) atoms. The maximum absolute atomic E-state index is 11.8. The minimum Gasteiger partial charge on any atom is -0.444 e. The Morgan fingerprint density at radius 2 is 1.76 bits per heavy atom. The predicted octanol–water partition coefficient (Wildman–Crippen LogP) is 2.61. The lowest BCUT2D eigenvalue weighted by molar-refractivity contribution is -0.128. The van der Waals surface area contributed by atoms with Crippen molar-refractivity contribution in [1.82, 2.24) is 15.5 Å². The van der Waals surface area contributed by atoms with Crippen LogP contribution < -0.4 is 16.0 Å². The summed E-state index contributed by atoms with van der Waals surface area (Å²) in [5.74, 6) is 0.756. The molecule has 1 rings (SSSR count). The summed E-state index contributed by atoms with van der Waals surface area (Å²) in [6.45, 7) is 9.37. The minimum atomic E-state index is -0.527. The Balaban J connectivity index is 2.46. The molecule has 1 aromatic carbocycles. The van der Waals surface area contributed by atoms with Crippen LogP contribution in [0.25, 0.3) is 0 Å². The van der Waals surface area contributed by atoms with E-state index in [2.05, 4.69) is 20.9 Å². The lowest BCUT2D eigenvalue weighted by Gasteiger charge is -2.19. The third-order valence-corrected chi connectivity index (χ3v) is 3.74. The van der Waals surface area contributed by atoms with E-state index in [0.717, 1.165) is 18.5 Å². The summed E-state index contributed by atoms with van der Waals surface area (Å²) in [4.78, 5) is 29.4. The van der Waals surface area contributed by atoms with Gasteiger partial charge in [0.15, 0.2) is 5.96 Å². The molecule has 2 amide bonds. The summed E-state index contributed by atoms with van der Waals surface area (Å²) in [6, 6.07) is 7.64. The number of nitrogens with one attached hydrogen (secondary N) is 3. The molecule has 0 aliphatic carbocycles. The van der Waals surface area contributed by atoms with Gasteiger partial charge in [-0.05, 0) is 51.8 Å². The van der Waals surface area contributed by atoms with Crippen LogP contribution in [0.15, 0.2) is 29.3 Å². The normalized spacial score (nSPS) is 11.6. The van der Waals surface area contributed by atoms with Crippen molar-refractivity contribution in [2.45, 2.75) is 46.1 Å². The lowest BCUT2D eigenvalue weighted by Crippen LogP contribution is -2.38. The van der Waals surface area contributed by atoms with Crippen LogP contribution in [0.2, 0.25) is 0 Å². The summed E-state index contributed by atoms with van der Waals surface area (Å²) in [5, 5.41) is 9.16. The van der Waals surface area contributed by atoms with Crippen LogP contribution in [0.1, 0.15) is 39.7 Å². The molecule has 0 atom stereocenters. The van der Waals surface area contributed by atoms with Crippen molar-refractivity contribution < 1.29 is 14.3 Å². The van der Waals surface area contributed by atoms with E-state index in [-0.39, 0.29) is 5.91 Å². The van der Waals surface area contributed by atoms with E-state index in [9.17, 15) is 9.59 Å². The molecule has 0 aromatic heterocycles. The first-order valence-corrected chi connectivity index (χ1v) is 9.92. The van der Waals surface area contributed by atoms with E-state index in [4.69, 9.17) is 4.74 Å². The van der Waals surface area contributed by atoms with E-state index in [1.54, 1.807) is 19.0 Å². The zero-order chi connectivity index (χ0) is 21.9. The summed E-state index contributed by atoms with van der Waals surface area (Å²) in [5.41, 5.74) is 1.30. The second-order valence-corrected chi connectivity index (χ2v) is 7.80. The number of guanidine groups is 1. The average Bonchev–Trinajstić information content (AvgIpc) is 2.61. The number of amides is 2. The van der Waals surface area contributed by atoms with Gasteiger partial charge in [0.1, 0.15) is 5.60 Å². The Kier molecular flexibility index (Phi) is 9.99. The quantitative estimate of drug-likeness (QED) is 0.456. The average molecular weight is 406 g/mol. The number of benzene rings is 1. The van der Waals surface area contributed by atoms with E-state index in [0.29, 0.717) is 31.2 Å². The predicted molar refractivity (Wildman–Crippen MR) is 117 cm³/mol. The fourth-order valence-corrected chi connectivity index (χ4v) is 2.33. The Labute approximate surface area is 174 Å². The van der Waals surface area contributed by atoms with Crippen LogP contribution in [0.3, 0.4) is 0 Å². The highest BCUT2D eigenvalue weighted by atomic mass is 16.6. The molecule has 0 aliphatic rings. The van der Waals surface area contributed by atoms with Crippen LogP contribution in [-0.2, 0) is 16.0 Å². The molecule has 162 valence electrons. The van der Waals surface area contributed by atoms with Gasteiger partial charge in [-0.1, -0.05) is 12.1 Å². The molecule has 0 saturated carbocycles. The van der Waals surface area contributed by atoms with Gasteiger partial charge in [-0.3, -0.25) is 15.1 Å². The zero-order valence-electron chi connectivity index (χ0n) is 18.5. The molecule has 8 nitrogen and oxygen atoms in total. The number of carbonyl (C=O) groups excluding carboxylic acids is 2. The van der Waals surface area contributed by atoms with Crippen molar-refractivity contribution in [1.29, 1.82) is 0 Å². The first kappa shape index (κ1) is 24.3. The SMILES string of the molecule is CCNC(=NCCC(=O)N(C)C)NCCc1ccc(NC(=O)OC(C)(C)C)cc1. The van der Waals surface area contributed by atoms with Crippen molar-refractivity contribution in [3.05, 3.63) is 29.8 Å². The highest BCUT2D eigenvalue weighted by Crippen LogP contribution is 2.13. The number of carbonyl (C=O) groups is 2. The fraction of sp³-hybridized carbons (Fsp3) is 0.571. The van der Waals surface area contributed by atoms with Crippen molar-refractivity contribution in [3.63, 3.8) is 0 Å². The van der Waals surface area contributed by atoms with Crippen molar-refractivity contribution in [2.24, 2.45) is 4.99 Å². The third kappa shape index (κ3) is 11.0. The van der Waals surface area contributed by atoms with E-state index >= 15 is 0 Å². The molecule has 0 heterocycles. The number of hydrogen-bond donors (Lipinski definition) is 3. The zero-order valence-corrected chi connectivity index (χ0v) is 18.5. The number of nitrogens with zero attached hydrogens (tertiary/aromatic N) is 2. The summed E-state index contributed by atoms with van der Waals surface area (Å²) in [7, 11) is 3.48. The Morgan fingerprint density at radius 3 is 2.31 bits per heavy atom. The van der Waals surface area contributed by atoms with Crippen molar-refractivity contribution in [2.75, 3.05) is 39.0 Å². The topological polar surface area (TPSA) is 95.1 Å². The first-order valence-electron chi connectivity index (χ1n) is 9.92. The maximum atomic E-state index is 11.8. The van der Waals surface area contributed by atoms with Crippen LogP contribution >= 0.6 is 0 Å². The number of aliphatic imine (C=N–C) groups is 1. The monoisotopic (exact) mass is 405 g/mol. The summed E-state index contributed by atoms with van der Waals surface area (Å²) >= 11 is 0. The first-order chi connectivity index (χ1) is 13.6. The number of anilines is 1. The molecule has 0 saturated heterocycles. The molecule has 1 aromatic rings. The highest BCUT2D eigenvalue weighted by molar-refractivity contribution is 5.84. The van der Waals surface area contributed by atoms with Gasteiger partial charge in [-0.15, -0.1) is 0 Å². The molecular weight excluding hydrogens is 370 g/mol. The third-order valence-electron chi connectivity index (χ3n) is 3.74. The van der Waals surface area contributed by atoms with Gasteiger partial charge >= 0.3 is 6.09 Å². The lowest BCUT2D eigenvalue weighted by atomic mass is 10.1. The van der Waals surface area contributed by atoms with E-state index in [1.165, 1.54) is 0 Å². The largest absolute Gasteiger partial charge is 0.444 e. The highest BCUT2D eigenvalue weighted by Gasteiger charge is 2.16. The Morgan fingerprint density at radius 1 is 1.10 bits per heavy atom. The number of hydrogen-bond acceptors (Lipinski definition) is 4. The molecule has 0 spiro atoms. The Bertz CT molecular complexity index is 679. The van der Waals surface area contributed by atoms with E-state index < -0.39 is 11.7 Å². The molecule has 0 radical (unpaired) electrons. The number of ether oxygens (including phenoxy) is 1. The summed E-state index contributed by atoms with van der Waals surface area (Å²) < 4.78 is 5.24. The molecule has 0 bridgehead atoms. The minimum absolute atomic E-state index is 0.0599. The van der Waals surface area contributed by atoms with Gasteiger partial charge in [0, 0.05) is 39.3 Å². The van der Waals surface area contributed by atoms with Gasteiger partial charge in [-0.2, -0.15) is 0 Å². The van der Waals surface area contributed by atoms with Crippen molar-refractivity contribution >= 4 is 23.6 Å². The van der Waals surface area contributed by atoms with Crippen LogP contribution in [0, 0.1) is 0 Å². The smallest absolute Gasteiger partial charge is 0.412 e. The van der Waals surface area contributed by atoms with Gasteiger partial charge in [0.2, 0.25) is 5.91 Å². The van der Waals surface area contributed by atoms with E-state index in [1.807, 2.05) is 52.0 Å². The van der Waals surface area contributed by atoms with Crippen molar-refractivity contribution in [3.8, 4) is 0 Å². The van der Waals surface area contributed by atoms with Crippen LogP contribution in [-0.4, -0.2) is 62.2 Å². The van der Waals surface area contributed by atoms with Gasteiger partial charge in [-0.25, -0.2) is 4.79 Å². The van der Waals surface area contributed by atoms with Crippen LogP contribution in [0.4, 0.5) is 10.5 Å². The molecule has 0 fully saturated rings. The molecule has 8 heteroatoms. The van der Waals surface area contributed by atoms with Crippen LogP contribution in [0.5, 0.6) is 0 Å². The molecular formula is C21H35N5O3. The second kappa shape index (κ2) is 11.9. The van der Waals surface area contributed by atoms with Gasteiger partial charge < -0.3 is 20.3 Å². The maximum Gasteiger partial charge on any atom is 0.412 e.